The Hall–Kier alpha value is -0.531. The molecule has 0 aliphatic rings. The topological polar surface area (TPSA) is 26.3 Å². The molecule has 1 aromatic rings. The van der Waals surface area contributed by atoms with E-state index in [-0.39, 0.29) is 25.9 Å². The first kappa shape index (κ1) is 10.5. The molecule has 72 valence electrons. The number of rotatable bonds is 2. The molecule has 0 atom stereocenters. The van der Waals surface area contributed by atoms with Crippen LogP contribution in [0.15, 0.2) is 11.0 Å². The van der Waals surface area contributed by atoms with Crippen molar-refractivity contribution in [2.45, 2.75) is 33.3 Å². The number of ketones is 1. The summed E-state index contributed by atoms with van der Waals surface area (Å²) < 4.78 is 6.51. The van der Waals surface area contributed by atoms with Crippen LogP contribution in [-0.4, -0.2) is 25.9 Å². The fourth-order valence-electron chi connectivity index (χ4n) is 0.964. The molecule has 0 aliphatic carbocycles. The molecule has 0 saturated carbocycles. The summed E-state index contributed by atoms with van der Waals surface area (Å²) in [6, 6.07) is 1.90. The number of carbonyl (C=O) groups excluding carboxylic acids is 1. The van der Waals surface area contributed by atoms with Gasteiger partial charge in [0, 0.05) is 0 Å². The Morgan fingerprint density at radius 3 is 2.54 bits per heavy atom. The Morgan fingerprint density at radius 2 is 2.08 bits per heavy atom. The van der Waals surface area contributed by atoms with Crippen molar-refractivity contribution in [1.29, 1.82) is 0 Å². The van der Waals surface area contributed by atoms with Crippen LogP contribution in [0.1, 0.15) is 36.9 Å². The fourth-order valence-corrected chi connectivity index (χ4v) is 2.47. The Kier molecular flexibility index (Phi) is 2.99. The van der Waals surface area contributed by atoms with Crippen molar-refractivity contribution in [3.63, 3.8) is 0 Å². The van der Waals surface area contributed by atoms with Gasteiger partial charge in [0.05, 0.1) is 0 Å². The van der Waals surface area contributed by atoms with Crippen molar-refractivity contribution >= 4 is 20.3 Å². The second-order valence-electron chi connectivity index (χ2n) is 3.88. The van der Waals surface area contributed by atoms with Crippen LogP contribution in [0.2, 0.25) is 0 Å². The molecule has 0 N–H and O–H groups in total. The number of hydrogen-bond acceptors (Lipinski definition) is 2. The normalized spacial score (nSPS) is 11.4. The SMILES string of the molecule is CC(=O)c1[se]ccc1OC(C)(C)C. The van der Waals surface area contributed by atoms with Gasteiger partial charge in [-0.15, -0.1) is 0 Å². The molecule has 0 fully saturated rings. The van der Waals surface area contributed by atoms with Gasteiger partial charge in [-0.1, -0.05) is 0 Å². The van der Waals surface area contributed by atoms with Gasteiger partial charge < -0.3 is 0 Å². The van der Waals surface area contributed by atoms with Gasteiger partial charge >= 0.3 is 84.3 Å². The van der Waals surface area contributed by atoms with E-state index < -0.39 is 0 Å². The molecule has 0 aliphatic heterocycles. The molecule has 0 saturated heterocycles. The summed E-state index contributed by atoms with van der Waals surface area (Å²) in [4.78, 5) is 13.2. The van der Waals surface area contributed by atoms with Crippen molar-refractivity contribution in [1.82, 2.24) is 0 Å². The van der Waals surface area contributed by atoms with Crippen molar-refractivity contribution in [2.75, 3.05) is 0 Å². The van der Waals surface area contributed by atoms with Gasteiger partial charge in [0.25, 0.3) is 0 Å². The molecule has 13 heavy (non-hydrogen) atoms. The summed E-state index contributed by atoms with van der Waals surface area (Å²) in [6.07, 6.45) is 0. The van der Waals surface area contributed by atoms with Crippen LogP contribution in [-0.2, 0) is 0 Å². The van der Waals surface area contributed by atoms with Gasteiger partial charge in [0.15, 0.2) is 0 Å². The minimum absolute atomic E-state index is 0.129. The van der Waals surface area contributed by atoms with Gasteiger partial charge in [-0.2, -0.15) is 0 Å². The zero-order valence-corrected chi connectivity index (χ0v) is 10.1. The molecular weight excluding hydrogens is 231 g/mol. The quantitative estimate of drug-likeness (QED) is 0.589. The summed E-state index contributed by atoms with van der Waals surface area (Å²) in [5, 5.41) is 0. The third kappa shape index (κ3) is 3.01. The molecule has 1 rings (SSSR count). The van der Waals surface area contributed by atoms with Gasteiger partial charge in [0.1, 0.15) is 0 Å². The Morgan fingerprint density at radius 1 is 1.46 bits per heavy atom. The Labute approximate surface area is 84.7 Å². The first-order valence-corrected chi connectivity index (χ1v) is 6.02. The van der Waals surface area contributed by atoms with Gasteiger partial charge in [-0.05, 0) is 0 Å². The molecule has 0 spiro atoms. The van der Waals surface area contributed by atoms with E-state index >= 15 is 0 Å². The van der Waals surface area contributed by atoms with Gasteiger partial charge in [-0.25, -0.2) is 0 Å². The number of ether oxygens (including phenoxy) is 1. The fraction of sp³-hybridized carbons (Fsp3) is 0.500. The van der Waals surface area contributed by atoms with E-state index in [0.717, 1.165) is 10.2 Å². The maximum absolute atomic E-state index is 11.2. The molecule has 3 heteroatoms. The summed E-state index contributed by atoms with van der Waals surface area (Å²) in [5.74, 6) is 0.893. The molecule has 2 nitrogen and oxygen atoms in total. The van der Waals surface area contributed by atoms with Gasteiger partial charge in [0.2, 0.25) is 0 Å². The monoisotopic (exact) mass is 246 g/mol. The van der Waals surface area contributed by atoms with E-state index in [1.54, 1.807) is 6.92 Å². The Bertz CT molecular complexity index is 307. The molecule has 0 amide bonds. The third-order valence-electron chi connectivity index (χ3n) is 1.37. The standard InChI is InChI=1S/C10H14O2Se/c1-7(11)9-8(5-6-13-9)12-10(2,3)4/h5-6H,1-4H3. The first-order chi connectivity index (χ1) is 5.90. The van der Waals surface area contributed by atoms with Crippen LogP contribution >= 0.6 is 0 Å². The van der Waals surface area contributed by atoms with Crippen LogP contribution in [0.25, 0.3) is 0 Å². The van der Waals surface area contributed by atoms with Crippen LogP contribution in [0, 0.1) is 0 Å². The van der Waals surface area contributed by atoms with Crippen molar-refractivity contribution in [3.05, 3.63) is 15.4 Å². The summed E-state index contributed by atoms with van der Waals surface area (Å²) in [6.45, 7) is 7.54. The molecule has 0 bridgehead atoms. The Balaban J connectivity index is 2.89. The molecule has 0 aromatic carbocycles. The van der Waals surface area contributed by atoms with Crippen LogP contribution in [0.4, 0.5) is 0 Å². The average molecular weight is 245 g/mol. The average Bonchev–Trinajstić information content (AvgIpc) is 2.31. The molecule has 0 radical (unpaired) electrons. The van der Waals surface area contributed by atoms with Crippen LogP contribution in [0.5, 0.6) is 5.75 Å². The van der Waals surface area contributed by atoms with E-state index in [1.807, 2.05) is 31.8 Å². The molecule has 0 unspecified atom stereocenters. The van der Waals surface area contributed by atoms with Crippen molar-refractivity contribution in [2.24, 2.45) is 0 Å². The molecule has 1 heterocycles. The predicted molar refractivity (Wildman–Crippen MR) is 53.8 cm³/mol. The molecular formula is C10H14O2Se. The zero-order valence-electron chi connectivity index (χ0n) is 8.38. The summed E-state index contributed by atoms with van der Waals surface area (Å²) in [5.41, 5.74) is -0.221. The molecule has 1 aromatic heterocycles. The summed E-state index contributed by atoms with van der Waals surface area (Å²) >= 11 is 0.173. The van der Waals surface area contributed by atoms with E-state index in [2.05, 4.69) is 0 Å². The van der Waals surface area contributed by atoms with Crippen LogP contribution in [0.3, 0.4) is 0 Å². The van der Waals surface area contributed by atoms with Crippen LogP contribution < -0.4 is 4.74 Å². The first-order valence-electron chi connectivity index (χ1n) is 4.17. The van der Waals surface area contributed by atoms with E-state index in [4.69, 9.17) is 4.74 Å². The van der Waals surface area contributed by atoms with Crippen molar-refractivity contribution in [3.8, 4) is 5.75 Å². The summed E-state index contributed by atoms with van der Waals surface area (Å²) in [7, 11) is 0. The second kappa shape index (κ2) is 3.69. The number of Topliss-reactive ketones (excluding diaryl/α,β-unsaturated/α-hetero) is 1. The predicted octanol–water partition coefficient (Wildman–Crippen LogP) is 2.12. The van der Waals surface area contributed by atoms with E-state index in [0.29, 0.717) is 0 Å². The number of carbonyl (C=O) groups is 1. The third-order valence-corrected chi connectivity index (χ3v) is 3.46. The second-order valence-corrected chi connectivity index (χ2v) is 5.81. The van der Waals surface area contributed by atoms with E-state index in [1.165, 1.54) is 0 Å². The van der Waals surface area contributed by atoms with Gasteiger partial charge in [-0.3, -0.25) is 0 Å². The maximum atomic E-state index is 11.2. The minimum atomic E-state index is -0.221. The van der Waals surface area contributed by atoms with E-state index in [9.17, 15) is 4.79 Å². The van der Waals surface area contributed by atoms with Crippen molar-refractivity contribution < 1.29 is 9.53 Å². The zero-order chi connectivity index (χ0) is 10.1. The number of hydrogen-bond donors (Lipinski definition) is 0.